The molecular formula is C26H44Cl4Zr2. The zero-order chi connectivity index (χ0) is 21.0. The molecule has 0 aromatic heterocycles. The molecule has 0 unspecified atom stereocenters. The Bertz CT molecular complexity index is 320. The zero-order valence-electron chi connectivity index (χ0n) is 20.5. The molecule has 2 saturated carbocycles. The van der Waals surface area contributed by atoms with Crippen molar-refractivity contribution in [3.8, 4) is 0 Å². The van der Waals surface area contributed by atoms with Crippen LogP contribution in [0.5, 0.6) is 0 Å². The van der Waals surface area contributed by atoms with Gasteiger partial charge in [-0.15, -0.1) is 0 Å². The monoisotopic (exact) mass is 676 g/mol. The third kappa shape index (κ3) is 53.0. The molecule has 0 spiro atoms. The van der Waals surface area contributed by atoms with Crippen LogP contribution < -0.4 is 0 Å². The first-order valence-electron chi connectivity index (χ1n) is 9.76. The summed E-state index contributed by atoms with van der Waals surface area (Å²) in [7, 11) is 19.7. The van der Waals surface area contributed by atoms with Gasteiger partial charge < -0.3 is 29.7 Å². The molecule has 6 heteroatoms. The van der Waals surface area contributed by atoms with Gasteiger partial charge in [-0.25, -0.2) is 0 Å². The second kappa shape index (κ2) is 49.5. The van der Waals surface area contributed by atoms with Gasteiger partial charge in [-0.05, 0) is 0 Å². The summed E-state index contributed by atoms with van der Waals surface area (Å²) in [6.07, 6.45) is 39.0. The normalized spacial score (nSPS) is 14.1. The van der Waals surface area contributed by atoms with E-state index in [1.54, 1.807) is 0 Å². The van der Waals surface area contributed by atoms with Crippen molar-refractivity contribution in [3.05, 3.63) is 103 Å². The molecule has 0 radical (unpaired) electrons. The van der Waals surface area contributed by atoms with E-state index >= 15 is 0 Å². The van der Waals surface area contributed by atoms with Crippen molar-refractivity contribution in [1.82, 2.24) is 0 Å². The van der Waals surface area contributed by atoms with Crippen molar-refractivity contribution >= 4 is 34.1 Å². The Kier molecular flexibility index (Phi) is 72.2. The Labute approximate surface area is 240 Å². The van der Waals surface area contributed by atoms with Crippen molar-refractivity contribution in [3.63, 3.8) is 0 Å². The van der Waals surface area contributed by atoms with Gasteiger partial charge in [0.15, 0.2) is 0 Å². The van der Waals surface area contributed by atoms with Gasteiger partial charge in [0, 0.05) is 0 Å². The predicted molar refractivity (Wildman–Crippen MR) is 150 cm³/mol. The summed E-state index contributed by atoms with van der Waals surface area (Å²) in [5.74, 6) is 0. The van der Waals surface area contributed by atoms with Crippen molar-refractivity contribution in [2.24, 2.45) is 0 Å². The summed E-state index contributed by atoms with van der Waals surface area (Å²) < 4.78 is 0. The number of halogens is 4. The minimum atomic E-state index is -0.826. The zero-order valence-corrected chi connectivity index (χ0v) is 28.5. The van der Waals surface area contributed by atoms with Crippen molar-refractivity contribution in [2.75, 3.05) is 0 Å². The number of allylic oxidation sites excluding steroid dienone is 12. The molecule has 0 saturated heterocycles. The molecule has 0 aliphatic heterocycles. The van der Waals surface area contributed by atoms with Gasteiger partial charge in [-0.1, -0.05) is 137 Å². The molecular weight excluding hydrogens is 637 g/mol. The topological polar surface area (TPSA) is 0 Å². The number of rotatable bonds is 0. The standard InChI is InChI=1S/C12H12.2C5H10.4CH3.4ClH.2Zr/c1-2-4-6-8-10-12-11-9-7-5-3-1;2*1-2-4-5-3-1;;;;;;;;;;/h1-12H;2*1-5H2;4*1H3;4*1H;;/q;;;4*-1;;;;;2*+4/p-4. The summed E-state index contributed by atoms with van der Waals surface area (Å²) in [5, 5.41) is 0. The van der Waals surface area contributed by atoms with E-state index in [0.717, 1.165) is 0 Å². The number of hydrogen-bond donors (Lipinski definition) is 0. The summed E-state index contributed by atoms with van der Waals surface area (Å²) in [6, 6.07) is 0. The quantitative estimate of drug-likeness (QED) is 0.223. The van der Waals surface area contributed by atoms with Crippen LogP contribution in [-0.4, -0.2) is 0 Å². The molecule has 0 N–H and O–H groups in total. The Morgan fingerprint density at radius 1 is 0.281 bits per heavy atom. The van der Waals surface area contributed by atoms with Crippen molar-refractivity contribution in [1.29, 1.82) is 0 Å². The van der Waals surface area contributed by atoms with Crippen LogP contribution in [0.15, 0.2) is 72.9 Å². The van der Waals surface area contributed by atoms with Crippen LogP contribution in [0.25, 0.3) is 0 Å². The molecule has 2 fully saturated rings. The summed E-state index contributed by atoms with van der Waals surface area (Å²) in [5.41, 5.74) is 0. The third-order valence-corrected chi connectivity index (χ3v) is 3.83. The molecule has 0 aromatic rings. The van der Waals surface area contributed by atoms with E-state index in [9.17, 15) is 0 Å². The molecule has 3 rings (SSSR count). The third-order valence-electron chi connectivity index (χ3n) is 3.83. The first kappa shape index (κ1) is 46.7. The fourth-order valence-electron chi connectivity index (χ4n) is 2.54. The van der Waals surface area contributed by atoms with E-state index < -0.39 is 41.7 Å². The average molecular weight is 681 g/mol. The fraction of sp³-hybridized carbons (Fsp3) is 0.385. The molecule has 0 aromatic carbocycles. The van der Waals surface area contributed by atoms with E-state index in [-0.39, 0.29) is 29.7 Å². The molecule has 0 atom stereocenters. The SMILES string of the molecule is C1=CC=CC=CC=CC=CC=C1.C1CCCC1.C1CCCC1.[CH3-].[CH3-].[CH3-].[CH3-].[Cl][Zr+2][Cl].[Cl][Zr+2][Cl]. The van der Waals surface area contributed by atoms with Crippen LogP contribution in [0, 0.1) is 29.7 Å². The van der Waals surface area contributed by atoms with Gasteiger partial charge in [-0.2, -0.15) is 0 Å². The van der Waals surface area contributed by atoms with E-state index in [4.69, 9.17) is 34.1 Å². The molecule has 0 heterocycles. The van der Waals surface area contributed by atoms with Gasteiger partial charge in [0.25, 0.3) is 0 Å². The average Bonchev–Trinajstić information content (AvgIpc) is 3.43. The number of hydrogen-bond acceptors (Lipinski definition) is 0. The van der Waals surface area contributed by atoms with Crippen LogP contribution in [0.2, 0.25) is 0 Å². The van der Waals surface area contributed by atoms with Crippen molar-refractivity contribution < 1.29 is 41.7 Å². The molecule has 3 aliphatic carbocycles. The molecule has 0 bridgehead atoms. The van der Waals surface area contributed by atoms with Crippen LogP contribution >= 0.6 is 34.1 Å². The van der Waals surface area contributed by atoms with Crippen LogP contribution in [0.3, 0.4) is 0 Å². The van der Waals surface area contributed by atoms with Crippen LogP contribution in [-0.2, 0) is 41.7 Å². The first-order valence-corrected chi connectivity index (χ1v) is 22.4. The van der Waals surface area contributed by atoms with E-state index in [1.807, 2.05) is 72.9 Å². The van der Waals surface area contributed by atoms with E-state index in [1.165, 1.54) is 64.2 Å². The fourth-order valence-corrected chi connectivity index (χ4v) is 2.54. The summed E-state index contributed by atoms with van der Waals surface area (Å²) in [4.78, 5) is 0. The maximum absolute atomic E-state index is 4.93. The van der Waals surface area contributed by atoms with Crippen LogP contribution in [0.4, 0.5) is 0 Å². The molecule has 184 valence electrons. The Balaban J connectivity index is -0.0000000720. The summed E-state index contributed by atoms with van der Waals surface area (Å²) in [6.45, 7) is 0. The summed E-state index contributed by atoms with van der Waals surface area (Å²) >= 11 is -1.65. The molecule has 3 aliphatic rings. The van der Waals surface area contributed by atoms with E-state index in [2.05, 4.69) is 0 Å². The Morgan fingerprint density at radius 3 is 0.406 bits per heavy atom. The molecule has 32 heavy (non-hydrogen) atoms. The second-order valence-electron chi connectivity index (χ2n) is 5.99. The van der Waals surface area contributed by atoms with Gasteiger partial charge in [0.2, 0.25) is 0 Å². The van der Waals surface area contributed by atoms with Gasteiger partial charge in [0.1, 0.15) is 0 Å². The first-order chi connectivity index (χ1) is 13.8. The van der Waals surface area contributed by atoms with Crippen molar-refractivity contribution in [2.45, 2.75) is 64.2 Å². The second-order valence-corrected chi connectivity index (χ2v) is 13.5. The maximum atomic E-state index is 4.93. The molecule has 0 amide bonds. The minimum absolute atomic E-state index is 0. The van der Waals surface area contributed by atoms with E-state index in [0.29, 0.717) is 0 Å². The van der Waals surface area contributed by atoms with Gasteiger partial charge >= 0.3 is 75.7 Å². The van der Waals surface area contributed by atoms with Crippen LogP contribution in [0.1, 0.15) is 64.2 Å². The van der Waals surface area contributed by atoms with Gasteiger partial charge in [-0.3, -0.25) is 0 Å². The van der Waals surface area contributed by atoms with Gasteiger partial charge in [0.05, 0.1) is 0 Å². The Hall–Kier alpha value is 1.37. The predicted octanol–water partition coefficient (Wildman–Crippen LogP) is 11.8. The Morgan fingerprint density at radius 2 is 0.344 bits per heavy atom. The molecule has 0 nitrogen and oxygen atoms in total.